The van der Waals surface area contributed by atoms with Crippen molar-refractivity contribution in [1.82, 2.24) is 4.90 Å². The largest absolute Gasteiger partial charge is 0.497 e. The number of fused-ring (bicyclic) bond motifs is 1. The number of benzene rings is 1. The Balaban J connectivity index is 2.02. The number of rotatable bonds is 9. The van der Waals surface area contributed by atoms with Crippen molar-refractivity contribution in [3.8, 4) is 5.75 Å². The quantitative estimate of drug-likeness (QED) is 0.423. The average Bonchev–Trinajstić information content (AvgIpc) is 3.11. The fourth-order valence-corrected chi connectivity index (χ4v) is 5.26. The summed E-state index contributed by atoms with van der Waals surface area (Å²) in [5.74, 6) is -2.51. The van der Waals surface area contributed by atoms with Crippen LogP contribution in [0.25, 0.3) is 0 Å². The van der Waals surface area contributed by atoms with Crippen molar-refractivity contribution in [3.63, 3.8) is 0 Å². The van der Waals surface area contributed by atoms with Crippen LogP contribution in [-0.2, 0) is 19.1 Å². The van der Waals surface area contributed by atoms with E-state index in [1.165, 1.54) is 4.90 Å². The molecule has 1 aromatic rings. The average molecular weight is 473 g/mol. The maximum atomic E-state index is 13.9. The molecule has 34 heavy (non-hydrogen) atoms. The Morgan fingerprint density at radius 1 is 1.15 bits per heavy atom. The van der Waals surface area contributed by atoms with E-state index in [0.717, 1.165) is 0 Å². The van der Waals surface area contributed by atoms with Crippen LogP contribution in [0.4, 0.5) is 5.69 Å². The smallest absolute Gasteiger partial charge is 0.310 e. The van der Waals surface area contributed by atoms with Crippen molar-refractivity contribution >= 4 is 23.5 Å². The van der Waals surface area contributed by atoms with E-state index in [9.17, 15) is 19.5 Å². The van der Waals surface area contributed by atoms with Gasteiger partial charge in [-0.25, -0.2) is 0 Å². The Labute approximate surface area is 201 Å². The van der Waals surface area contributed by atoms with Crippen LogP contribution in [0.3, 0.4) is 0 Å². The van der Waals surface area contributed by atoms with Gasteiger partial charge in [0.1, 0.15) is 11.8 Å². The van der Waals surface area contributed by atoms with Gasteiger partial charge in [-0.05, 0) is 49.4 Å². The van der Waals surface area contributed by atoms with Crippen LogP contribution in [-0.4, -0.2) is 60.2 Å². The predicted molar refractivity (Wildman–Crippen MR) is 128 cm³/mol. The number of nitrogens with zero attached hydrogens (tertiary/aromatic N) is 1. The molecule has 1 aliphatic heterocycles. The Hall–Kier alpha value is -2.87. The van der Waals surface area contributed by atoms with Gasteiger partial charge in [0, 0.05) is 11.6 Å². The normalized spacial score (nSPS) is 26.9. The molecule has 0 unspecified atom stereocenters. The highest BCUT2D eigenvalue weighted by Crippen LogP contribution is 2.46. The summed E-state index contributed by atoms with van der Waals surface area (Å²) < 4.78 is 10.5. The molecular weight excluding hydrogens is 436 g/mol. The Morgan fingerprint density at radius 2 is 1.82 bits per heavy atom. The van der Waals surface area contributed by atoms with E-state index >= 15 is 0 Å². The monoisotopic (exact) mass is 472 g/mol. The standard InChI is InChI=1S/C26H36N2O6/c1-6-16-8-13-19-22(21(16)26(32)34-7-2)25(31)28(20(14-29)15(3)4)23(19)24(30)27-17-9-11-18(33-5)12-10-17/h8-13,15-16,19-23,29H,6-7,14H2,1-5H3,(H,27,30)/t16-,19+,20+,21-,22-,23+/m1/s1. The predicted octanol–water partition coefficient (Wildman–Crippen LogP) is 2.87. The number of likely N-dealkylation sites (tertiary alicyclic amines) is 1. The fraction of sp³-hybridized carbons (Fsp3) is 0.577. The topological polar surface area (TPSA) is 105 Å². The molecule has 1 saturated heterocycles. The van der Waals surface area contributed by atoms with Crippen LogP contribution in [0.2, 0.25) is 0 Å². The van der Waals surface area contributed by atoms with Gasteiger partial charge in [-0.1, -0.05) is 32.9 Å². The molecule has 1 fully saturated rings. The van der Waals surface area contributed by atoms with Gasteiger partial charge in [0.25, 0.3) is 0 Å². The molecule has 2 amide bonds. The summed E-state index contributed by atoms with van der Waals surface area (Å²) >= 11 is 0. The van der Waals surface area contributed by atoms with Crippen molar-refractivity contribution in [2.24, 2.45) is 29.6 Å². The van der Waals surface area contributed by atoms with Gasteiger partial charge in [0.15, 0.2) is 0 Å². The lowest BCUT2D eigenvalue weighted by Crippen LogP contribution is -2.52. The lowest BCUT2D eigenvalue weighted by Gasteiger charge is -2.35. The summed E-state index contributed by atoms with van der Waals surface area (Å²) in [6, 6.07) is 5.53. The number of hydrogen-bond acceptors (Lipinski definition) is 6. The molecular formula is C26H36N2O6. The Kier molecular flexibility index (Phi) is 8.36. The van der Waals surface area contributed by atoms with Crippen molar-refractivity contribution in [1.29, 1.82) is 0 Å². The third-order valence-corrected chi connectivity index (χ3v) is 7.02. The van der Waals surface area contributed by atoms with E-state index < -0.39 is 35.8 Å². The number of hydrogen-bond donors (Lipinski definition) is 2. The second kappa shape index (κ2) is 11.0. The maximum Gasteiger partial charge on any atom is 0.310 e. The first-order valence-corrected chi connectivity index (χ1v) is 12.0. The number of amides is 2. The van der Waals surface area contributed by atoms with Gasteiger partial charge >= 0.3 is 5.97 Å². The van der Waals surface area contributed by atoms with Crippen molar-refractivity contribution in [2.75, 3.05) is 25.6 Å². The number of carbonyl (C=O) groups is 3. The van der Waals surface area contributed by atoms with E-state index in [-0.39, 0.29) is 36.9 Å². The number of esters is 1. The van der Waals surface area contributed by atoms with Crippen LogP contribution in [0.15, 0.2) is 36.4 Å². The number of nitrogens with one attached hydrogen (secondary N) is 1. The van der Waals surface area contributed by atoms with Crippen molar-refractivity contribution in [2.45, 2.75) is 46.2 Å². The molecule has 3 rings (SSSR count). The molecule has 0 spiro atoms. The van der Waals surface area contributed by atoms with Crippen LogP contribution in [0.1, 0.15) is 34.1 Å². The summed E-state index contributed by atoms with van der Waals surface area (Å²) in [7, 11) is 1.57. The molecule has 1 aromatic carbocycles. The SMILES string of the molecule is CCOC(=O)[C@H]1[C@@H]2C(=O)N([C@@H](CO)C(C)C)[C@H](C(=O)Nc3ccc(OC)cc3)[C@H]2C=C[C@H]1CC. The second-order valence-electron chi connectivity index (χ2n) is 9.24. The van der Waals surface area contributed by atoms with Gasteiger partial charge in [0.05, 0.1) is 38.2 Å². The summed E-state index contributed by atoms with van der Waals surface area (Å²) in [5, 5.41) is 13.1. The first-order chi connectivity index (χ1) is 16.3. The van der Waals surface area contributed by atoms with E-state index in [1.807, 2.05) is 32.9 Å². The van der Waals surface area contributed by atoms with Crippen molar-refractivity contribution < 1.29 is 29.0 Å². The van der Waals surface area contributed by atoms with Crippen LogP contribution in [0, 0.1) is 29.6 Å². The summed E-state index contributed by atoms with van der Waals surface area (Å²) in [4.78, 5) is 41.9. The Morgan fingerprint density at radius 3 is 2.35 bits per heavy atom. The fourth-order valence-electron chi connectivity index (χ4n) is 5.26. The van der Waals surface area contributed by atoms with Crippen LogP contribution >= 0.6 is 0 Å². The van der Waals surface area contributed by atoms with Gasteiger partial charge in [0.2, 0.25) is 11.8 Å². The molecule has 0 saturated carbocycles. The van der Waals surface area contributed by atoms with Gasteiger partial charge in [-0.3, -0.25) is 14.4 Å². The molecule has 6 atom stereocenters. The number of allylic oxidation sites excluding steroid dienone is 1. The van der Waals surface area contributed by atoms with Crippen molar-refractivity contribution in [3.05, 3.63) is 36.4 Å². The highest BCUT2D eigenvalue weighted by atomic mass is 16.5. The van der Waals surface area contributed by atoms with E-state index in [2.05, 4.69) is 5.32 Å². The summed E-state index contributed by atoms with van der Waals surface area (Å²) in [6.45, 7) is 7.46. The molecule has 8 heteroatoms. The van der Waals surface area contributed by atoms with E-state index in [4.69, 9.17) is 9.47 Å². The van der Waals surface area contributed by atoms with Crippen LogP contribution in [0.5, 0.6) is 5.75 Å². The first-order valence-electron chi connectivity index (χ1n) is 12.0. The minimum Gasteiger partial charge on any atom is -0.497 e. The highest BCUT2D eigenvalue weighted by molar-refractivity contribution is 6.01. The molecule has 0 radical (unpaired) electrons. The van der Waals surface area contributed by atoms with E-state index in [0.29, 0.717) is 17.9 Å². The van der Waals surface area contributed by atoms with Gasteiger partial charge in [-0.15, -0.1) is 0 Å². The number of anilines is 1. The zero-order valence-corrected chi connectivity index (χ0v) is 20.6. The van der Waals surface area contributed by atoms with Gasteiger partial charge < -0.3 is 24.8 Å². The molecule has 186 valence electrons. The highest BCUT2D eigenvalue weighted by Gasteiger charge is 2.59. The molecule has 1 heterocycles. The van der Waals surface area contributed by atoms with Crippen LogP contribution < -0.4 is 10.1 Å². The zero-order valence-electron chi connectivity index (χ0n) is 20.6. The maximum absolute atomic E-state index is 13.9. The number of carbonyl (C=O) groups excluding carboxylic acids is 3. The molecule has 2 N–H and O–H groups in total. The molecule has 0 bridgehead atoms. The summed E-state index contributed by atoms with van der Waals surface area (Å²) in [5.41, 5.74) is 0.569. The third-order valence-electron chi connectivity index (χ3n) is 7.02. The number of ether oxygens (including phenoxy) is 2. The molecule has 8 nitrogen and oxygen atoms in total. The minimum absolute atomic E-state index is 0.0858. The lowest BCUT2D eigenvalue weighted by atomic mass is 9.69. The zero-order chi connectivity index (χ0) is 25.0. The lowest BCUT2D eigenvalue weighted by molar-refractivity contribution is -0.156. The molecule has 2 aliphatic rings. The minimum atomic E-state index is -0.856. The number of aliphatic hydroxyl groups excluding tert-OH is 1. The molecule has 0 aromatic heterocycles. The molecule has 1 aliphatic carbocycles. The van der Waals surface area contributed by atoms with E-state index in [1.54, 1.807) is 38.3 Å². The Bertz CT molecular complexity index is 912. The number of methoxy groups -OCH3 is 1. The second-order valence-corrected chi connectivity index (χ2v) is 9.24. The third kappa shape index (κ3) is 4.82. The number of aliphatic hydroxyl groups is 1. The van der Waals surface area contributed by atoms with Gasteiger partial charge in [-0.2, -0.15) is 0 Å². The summed E-state index contributed by atoms with van der Waals surface area (Å²) in [6.07, 6.45) is 4.52. The first kappa shape index (κ1) is 25.7.